The molecule has 2 unspecified atom stereocenters. The lowest BCUT2D eigenvalue weighted by atomic mass is 9.93. The van der Waals surface area contributed by atoms with Crippen molar-refractivity contribution in [3.05, 3.63) is 16.4 Å². The van der Waals surface area contributed by atoms with Crippen molar-refractivity contribution in [1.29, 1.82) is 0 Å². The molecular formula is C13H22ClN3S. The van der Waals surface area contributed by atoms with Crippen molar-refractivity contribution in [3.63, 3.8) is 0 Å². The van der Waals surface area contributed by atoms with Crippen LogP contribution in [-0.4, -0.2) is 26.3 Å². The molecule has 0 bridgehead atoms. The van der Waals surface area contributed by atoms with E-state index in [0.717, 1.165) is 29.4 Å². The topological polar surface area (TPSA) is 43.8 Å². The van der Waals surface area contributed by atoms with Gasteiger partial charge in [0, 0.05) is 23.8 Å². The van der Waals surface area contributed by atoms with Crippen LogP contribution in [0.5, 0.6) is 0 Å². The molecule has 1 aromatic heterocycles. The van der Waals surface area contributed by atoms with E-state index in [1.54, 1.807) is 0 Å². The minimum atomic E-state index is 0.142. The maximum atomic E-state index is 6.43. The van der Waals surface area contributed by atoms with E-state index in [1.165, 1.54) is 18.6 Å². The monoisotopic (exact) mass is 287 g/mol. The highest BCUT2D eigenvalue weighted by Gasteiger charge is 2.36. The Bertz CT molecular complexity index is 424. The minimum Gasteiger partial charge on any atom is -0.326 e. The van der Waals surface area contributed by atoms with Crippen LogP contribution in [0, 0.1) is 6.92 Å². The first-order chi connectivity index (χ1) is 8.48. The number of halogens is 1. The van der Waals surface area contributed by atoms with Gasteiger partial charge in [-0.25, -0.2) is 0 Å². The highest BCUT2D eigenvalue weighted by molar-refractivity contribution is 8.00. The summed E-state index contributed by atoms with van der Waals surface area (Å²) in [4.78, 5) is 0. The maximum Gasteiger partial charge on any atom is 0.0847 e. The first-order valence-corrected chi connectivity index (χ1v) is 7.95. The third-order valence-electron chi connectivity index (χ3n) is 3.90. The molecule has 102 valence electrons. The molecule has 18 heavy (non-hydrogen) atoms. The van der Waals surface area contributed by atoms with Gasteiger partial charge in [0.1, 0.15) is 0 Å². The quantitative estimate of drug-likeness (QED) is 0.926. The number of nitrogens with zero attached hydrogens (tertiary/aromatic N) is 2. The van der Waals surface area contributed by atoms with Gasteiger partial charge < -0.3 is 5.73 Å². The van der Waals surface area contributed by atoms with Crippen molar-refractivity contribution in [1.82, 2.24) is 9.78 Å². The first kappa shape index (κ1) is 14.2. The lowest BCUT2D eigenvalue weighted by Crippen LogP contribution is -2.43. The summed E-state index contributed by atoms with van der Waals surface area (Å²) in [6.45, 7) is 7.17. The molecule has 1 saturated heterocycles. The summed E-state index contributed by atoms with van der Waals surface area (Å²) in [6, 6.07) is 0.142. The van der Waals surface area contributed by atoms with Gasteiger partial charge in [0.05, 0.1) is 16.4 Å². The molecule has 2 rings (SSSR count). The first-order valence-electron chi connectivity index (χ1n) is 6.59. The average Bonchev–Trinajstić information content (AvgIpc) is 2.89. The van der Waals surface area contributed by atoms with Crippen molar-refractivity contribution >= 4 is 23.4 Å². The fourth-order valence-electron chi connectivity index (χ4n) is 2.58. The average molecular weight is 288 g/mol. The Balaban J connectivity index is 2.18. The van der Waals surface area contributed by atoms with E-state index in [-0.39, 0.29) is 10.8 Å². The molecular weight excluding hydrogens is 266 g/mol. The fourth-order valence-corrected chi connectivity index (χ4v) is 4.13. The third-order valence-corrected chi connectivity index (χ3v) is 6.05. The highest BCUT2D eigenvalue weighted by Crippen LogP contribution is 2.41. The molecule has 0 saturated carbocycles. The summed E-state index contributed by atoms with van der Waals surface area (Å²) in [5.74, 6) is 1.23. The standard InChI is InChI=1S/C13H22ClN3S/c1-4-17-10(12(14)9(2)16-17)8-11(15)13(3)6-5-7-18-13/h11H,4-8,15H2,1-3H3. The summed E-state index contributed by atoms with van der Waals surface area (Å²) >= 11 is 8.34. The van der Waals surface area contributed by atoms with Crippen LogP contribution >= 0.6 is 23.4 Å². The zero-order valence-corrected chi connectivity index (χ0v) is 12.9. The summed E-state index contributed by atoms with van der Waals surface area (Å²) in [7, 11) is 0. The second-order valence-corrected chi connectivity index (χ2v) is 7.24. The fraction of sp³-hybridized carbons (Fsp3) is 0.769. The molecule has 0 spiro atoms. The van der Waals surface area contributed by atoms with Crippen LogP contribution < -0.4 is 5.73 Å². The Morgan fingerprint density at radius 2 is 2.33 bits per heavy atom. The van der Waals surface area contributed by atoms with Gasteiger partial charge in [-0.15, -0.1) is 0 Å². The van der Waals surface area contributed by atoms with E-state index >= 15 is 0 Å². The molecule has 0 aliphatic carbocycles. The van der Waals surface area contributed by atoms with Crippen molar-refractivity contribution in [2.45, 2.75) is 57.4 Å². The summed E-state index contributed by atoms with van der Waals surface area (Å²) in [6.07, 6.45) is 3.29. The third kappa shape index (κ3) is 2.56. The minimum absolute atomic E-state index is 0.142. The van der Waals surface area contributed by atoms with Gasteiger partial charge in [0.15, 0.2) is 0 Å². The lowest BCUT2D eigenvalue weighted by molar-refractivity contribution is 0.466. The number of aromatic nitrogens is 2. The van der Waals surface area contributed by atoms with E-state index in [1.807, 2.05) is 23.4 Å². The van der Waals surface area contributed by atoms with E-state index in [0.29, 0.717) is 0 Å². The Kier molecular flexibility index (Phi) is 4.29. The largest absolute Gasteiger partial charge is 0.326 e. The van der Waals surface area contributed by atoms with Gasteiger partial charge in [-0.1, -0.05) is 11.6 Å². The van der Waals surface area contributed by atoms with Crippen LogP contribution in [0.1, 0.15) is 38.1 Å². The SMILES string of the molecule is CCn1nc(C)c(Cl)c1CC(N)C1(C)CCCS1. The van der Waals surface area contributed by atoms with Crippen LogP contribution in [0.3, 0.4) is 0 Å². The van der Waals surface area contributed by atoms with Gasteiger partial charge in [-0.05, 0) is 39.4 Å². The normalized spacial score (nSPS) is 25.6. The molecule has 2 N–H and O–H groups in total. The highest BCUT2D eigenvalue weighted by atomic mass is 35.5. The van der Waals surface area contributed by atoms with E-state index < -0.39 is 0 Å². The van der Waals surface area contributed by atoms with Gasteiger partial charge in [-0.2, -0.15) is 16.9 Å². The molecule has 1 aliphatic rings. The number of aryl methyl sites for hydroxylation is 2. The molecule has 1 aliphatic heterocycles. The molecule has 0 amide bonds. The summed E-state index contributed by atoms with van der Waals surface area (Å²) in [5.41, 5.74) is 8.43. The van der Waals surface area contributed by atoms with E-state index in [9.17, 15) is 0 Å². The van der Waals surface area contributed by atoms with Crippen molar-refractivity contribution in [2.24, 2.45) is 5.73 Å². The second kappa shape index (κ2) is 5.43. The zero-order chi connectivity index (χ0) is 13.3. The number of nitrogens with two attached hydrogens (primary N) is 1. The van der Waals surface area contributed by atoms with Crippen molar-refractivity contribution < 1.29 is 0 Å². The predicted octanol–water partition coefficient (Wildman–Crippen LogP) is 3.02. The van der Waals surface area contributed by atoms with Crippen LogP contribution in [0.4, 0.5) is 0 Å². The number of thioether (sulfide) groups is 1. The Labute approximate surface area is 118 Å². The van der Waals surface area contributed by atoms with Crippen LogP contribution in [-0.2, 0) is 13.0 Å². The van der Waals surface area contributed by atoms with Crippen LogP contribution in [0.25, 0.3) is 0 Å². The van der Waals surface area contributed by atoms with Crippen molar-refractivity contribution in [3.8, 4) is 0 Å². The van der Waals surface area contributed by atoms with E-state index in [4.69, 9.17) is 17.3 Å². The van der Waals surface area contributed by atoms with E-state index in [2.05, 4.69) is 18.9 Å². The molecule has 5 heteroatoms. The number of hydrogen-bond donors (Lipinski definition) is 1. The molecule has 3 nitrogen and oxygen atoms in total. The van der Waals surface area contributed by atoms with Crippen molar-refractivity contribution in [2.75, 3.05) is 5.75 Å². The summed E-state index contributed by atoms with van der Waals surface area (Å²) in [5, 5.41) is 5.24. The van der Waals surface area contributed by atoms with Gasteiger partial charge in [0.25, 0.3) is 0 Å². The lowest BCUT2D eigenvalue weighted by Gasteiger charge is -2.30. The second-order valence-electron chi connectivity index (χ2n) is 5.24. The molecule has 1 fully saturated rings. The Morgan fingerprint density at radius 3 is 2.89 bits per heavy atom. The molecule has 0 radical (unpaired) electrons. The molecule has 2 atom stereocenters. The molecule has 1 aromatic rings. The Hall–Kier alpha value is -0.190. The maximum absolute atomic E-state index is 6.43. The molecule has 2 heterocycles. The summed E-state index contributed by atoms with van der Waals surface area (Å²) < 4.78 is 2.18. The van der Waals surface area contributed by atoms with Gasteiger partial charge in [-0.3, -0.25) is 4.68 Å². The number of hydrogen-bond acceptors (Lipinski definition) is 3. The van der Waals surface area contributed by atoms with Crippen LogP contribution in [0.2, 0.25) is 5.02 Å². The predicted molar refractivity (Wildman–Crippen MR) is 79.4 cm³/mol. The van der Waals surface area contributed by atoms with Crippen LogP contribution in [0.15, 0.2) is 0 Å². The smallest absolute Gasteiger partial charge is 0.0847 e. The van der Waals surface area contributed by atoms with Gasteiger partial charge in [0.2, 0.25) is 0 Å². The van der Waals surface area contributed by atoms with Gasteiger partial charge >= 0.3 is 0 Å². The molecule has 0 aromatic carbocycles. The number of rotatable bonds is 4. The zero-order valence-electron chi connectivity index (χ0n) is 11.4. The Morgan fingerprint density at radius 1 is 1.61 bits per heavy atom.